The molecule has 0 radical (unpaired) electrons. The molecular formula is C13H20N2O2S. The summed E-state index contributed by atoms with van der Waals surface area (Å²) in [4.78, 5) is 11.6. The predicted molar refractivity (Wildman–Crippen MR) is 77.7 cm³/mol. The first kappa shape index (κ1) is 14.9. The Hall–Kier alpha value is -1.20. The Morgan fingerprint density at radius 1 is 1.44 bits per heavy atom. The van der Waals surface area contributed by atoms with Gasteiger partial charge in [-0.1, -0.05) is 6.92 Å². The molecule has 1 aromatic rings. The van der Waals surface area contributed by atoms with E-state index in [1.807, 2.05) is 6.92 Å². The van der Waals surface area contributed by atoms with Crippen LogP contribution >= 0.6 is 11.8 Å². The van der Waals surface area contributed by atoms with Crippen molar-refractivity contribution >= 4 is 29.0 Å². The van der Waals surface area contributed by atoms with Crippen LogP contribution in [0, 0.1) is 5.92 Å². The van der Waals surface area contributed by atoms with Gasteiger partial charge in [0.15, 0.2) is 0 Å². The number of amides is 1. The number of benzene rings is 1. The van der Waals surface area contributed by atoms with E-state index >= 15 is 0 Å². The van der Waals surface area contributed by atoms with Gasteiger partial charge < -0.3 is 16.2 Å². The highest BCUT2D eigenvalue weighted by Gasteiger charge is 2.04. The molecule has 0 bridgehead atoms. The monoisotopic (exact) mass is 268 g/mol. The third-order valence-electron chi connectivity index (χ3n) is 2.38. The summed E-state index contributed by atoms with van der Waals surface area (Å²) in [6, 6.07) is 7.09. The lowest BCUT2D eigenvalue weighted by atomic mass is 10.2. The van der Waals surface area contributed by atoms with E-state index in [0.717, 1.165) is 17.2 Å². The minimum atomic E-state index is 0.00363. The smallest absolute Gasteiger partial charge is 0.225 e. The quantitative estimate of drug-likeness (QED) is 0.522. The van der Waals surface area contributed by atoms with Crippen molar-refractivity contribution in [3.05, 3.63) is 24.3 Å². The van der Waals surface area contributed by atoms with Crippen LogP contribution < -0.4 is 11.1 Å². The summed E-state index contributed by atoms with van der Waals surface area (Å²) in [6.07, 6.45) is 0.479. The van der Waals surface area contributed by atoms with E-state index in [2.05, 4.69) is 5.32 Å². The van der Waals surface area contributed by atoms with E-state index < -0.39 is 0 Å². The maximum absolute atomic E-state index is 11.6. The van der Waals surface area contributed by atoms with Gasteiger partial charge in [0.1, 0.15) is 0 Å². The van der Waals surface area contributed by atoms with Gasteiger partial charge in [0, 0.05) is 30.2 Å². The molecule has 0 aliphatic heterocycles. The number of carbonyl (C=O) groups excluding carboxylic acids is 1. The minimum Gasteiger partial charge on any atom is -0.399 e. The molecule has 0 aliphatic carbocycles. The molecule has 1 atom stereocenters. The van der Waals surface area contributed by atoms with Crippen LogP contribution in [0.2, 0.25) is 0 Å². The second kappa shape index (κ2) is 8.00. The van der Waals surface area contributed by atoms with Gasteiger partial charge in [-0.25, -0.2) is 0 Å². The van der Waals surface area contributed by atoms with E-state index in [1.165, 1.54) is 0 Å². The maximum atomic E-state index is 11.6. The Labute approximate surface area is 112 Å². The Kier molecular flexibility index (Phi) is 6.60. The molecule has 1 aromatic carbocycles. The van der Waals surface area contributed by atoms with Gasteiger partial charge in [-0.05, 0) is 35.9 Å². The highest BCUT2D eigenvalue weighted by atomic mass is 32.2. The zero-order valence-corrected chi connectivity index (χ0v) is 11.4. The molecule has 0 aromatic heterocycles. The average Bonchev–Trinajstić information content (AvgIpc) is 2.37. The minimum absolute atomic E-state index is 0.00363. The number of nitrogen functional groups attached to an aromatic ring is 1. The first-order valence-corrected chi connectivity index (χ1v) is 7.11. The zero-order valence-electron chi connectivity index (χ0n) is 10.6. The Morgan fingerprint density at radius 2 is 2.11 bits per heavy atom. The lowest BCUT2D eigenvalue weighted by Crippen LogP contribution is -2.13. The molecule has 0 spiro atoms. The van der Waals surface area contributed by atoms with Gasteiger partial charge >= 0.3 is 0 Å². The molecule has 0 saturated carbocycles. The first-order chi connectivity index (χ1) is 8.61. The summed E-state index contributed by atoms with van der Waals surface area (Å²) in [7, 11) is 0. The van der Waals surface area contributed by atoms with E-state index in [-0.39, 0.29) is 18.4 Å². The van der Waals surface area contributed by atoms with Gasteiger partial charge in [0.2, 0.25) is 5.91 Å². The van der Waals surface area contributed by atoms with Crippen molar-refractivity contribution in [2.24, 2.45) is 5.92 Å². The summed E-state index contributed by atoms with van der Waals surface area (Å²) >= 11 is 1.69. The van der Waals surface area contributed by atoms with Crippen LogP contribution in [0.3, 0.4) is 0 Å². The van der Waals surface area contributed by atoms with Crippen molar-refractivity contribution in [2.75, 3.05) is 29.2 Å². The largest absolute Gasteiger partial charge is 0.399 e. The molecule has 100 valence electrons. The molecule has 1 unspecified atom stereocenters. The summed E-state index contributed by atoms with van der Waals surface area (Å²) in [5, 5.41) is 11.7. The van der Waals surface area contributed by atoms with Crippen molar-refractivity contribution in [2.45, 2.75) is 13.3 Å². The number of hydrogen-bond donors (Lipinski definition) is 3. The van der Waals surface area contributed by atoms with E-state index in [1.54, 1.807) is 36.0 Å². The van der Waals surface area contributed by atoms with Crippen molar-refractivity contribution in [3.8, 4) is 0 Å². The van der Waals surface area contributed by atoms with Crippen LogP contribution in [-0.4, -0.2) is 29.1 Å². The molecule has 18 heavy (non-hydrogen) atoms. The molecule has 4 N–H and O–H groups in total. The Bertz CT molecular complexity index is 368. The first-order valence-electron chi connectivity index (χ1n) is 5.96. The SMILES string of the molecule is CC(CO)CSCCC(=O)Nc1ccc(N)cc1. The van der Waals surface area contributed by atoms with Gasteiger partial charge in [-0.15, -0.1) is 0 Å². The molecule has 0 fully saturated rings. The Morgan fingerprint density at radius 3 is 2.72 bits per heavy atom. The standard InChI is InChI=1S/C13H20N2O2S/c1-10(8-16)9-18-7-6-13(17)15-12-4-2-11(14)3-5-12/h2-5,10,16H,6-9,14H2,1H3,(H,15,17). The predicted octanol–water partition coefficient (Wildman–Crippen LogP) is 1.96. The highest BCUT2D eigenvalue weighted by molar-refractivity contribution is 7.99. The third kappa shape index (κ3) is 5.93. The topological polar surface area (TPSA) is 75.3 Å². The van der Waals surface area contributed by atoms with Crippen LogP contribution in [0.25, 0.3) is 0 Å². The van der Waals surface area contributed by atoms with Gasteiger partial charge in [0.05, 0.1) is 0 Å². The third-order valence-corrected chi connectivity index (χ3v) is 3.68. The van der Waals surface area contributed by atoms with E-state index in [0.29, 0.717) is 12.1 Å². The molecule has 0 saturated heterocycles. The number of aliphatic hydroxyl groups is 1. The number of anilines is 2. The fourth-order valence-corrected chi connectivity index (χ4v) is 2.30. The molecule has 0 heterocycles. The maximum Gasteiger partial charge on any atom is 0.225 e. The second-order valence-electron chi connectivity index (χ2n) is 4.28. The van der Waals surface area contributed by atoms with Crippen molar-refractivity contribution < 1.29 is 9.90 Å². The van der Waals surface area contributed by atoms with Crippen molar-refractivity contribution in [3.63, 3.8) is 0 Å². The van der Waals surface area contributed by atoms with Crippen LogP contribution in [0.1, 0.15) is 13.3 Å². The fourth-order valence-electron chi connectivity index (χ4n) is 1.29. The number of nitrogens with two attached hydrogens (primary N) is 1. The van der Waals surface area contributed by atoms with E-state index in [9.17, 15) is 4.79 Å². The van der Waals surface area contributed by atoms with Crippen LogP contribution in [-0.2, 0) is 4.79 Å². The second-order valence-corrected chi connectivity index (χ2v) is 5.43. The van der Waals surface area contributed by atoms with Crippen LogP contribution in [0.5, 0.6) is 0 Å². The highest BCUT2D eigenvalue weighted by Crippen LogP contribution is 2.12. The number of thioether (sulfide) groups is 1. The number of aliphatic hydroxyl groups excluding tert-OH is 1. The Balaban J connectivity index is 2.19. The average molecular weight is 268 g/mol. The molecular weight excluding hydrogens is 248 g/mol. The fraction of sp³-hybridized carbons (Fsp3) is 0.462. The van der Waals surface area contributed by atoms with Crippen molar-refractivity contribution in [1.29, 1.82) is 0 Å². The molecule has 4 nitrogen and oxygen atoms in total. The van der Waals surface area contributed by atoms with Crippen LogP contribution in [0.4, 0.5) is 11.4 Å². The number of rotatable bonds is 7. The van der Waals surface area contributed by atoms with Crippen molar-refractivity contribution in [1.82, 2.24) is 0 Å². The lowest BCUT2D eigenvalue weighted by Gasteiger charge is -2.07. The summed E-state index contributed by atoms with van der Waals surface area (Å²) in [6.45, 7) is 2.19. The zero-order chi connectivity index (χ0) is 13.4. The normalized spacial score (nSPS) is 12.1. The lowest BCUT2D eigenvalue weighted by molar-refractivity contribution is -0.115. The van der Waals surface area contributed by atoms with E-state index in [4.69, 9.17) is 10.8 Å². The molecule has 5 heteroatoms. The summed E-state index contributed by atoms with van der Waals surface area (Å²) < 4.78 is 0. The number of nitrogens with one attached hydrogen (secondary N) is 1. The van der Waals surface area contributed by atoms with Gasteiger partial charge in [-0.2, -0.15) is 11.8 Å². The summed E-state index contributed by atoms with van der Waals surface area (Å²) in [5.74, 6) is 1.94. The van der Waals surface area contributed by atoms with Gasteiger partial charge in [-0.3, -0.25) is 4.79 Å². The van der Waals surface area contributed by atoms with Gasteiger partial charge in [0.25, 0.3) is 0 Å². The molecule has 1 amide bonds. The van der Waals surface area contributed by atoms with Crippen LogP contribution in [0.15, 0.2) is 24.3 Å². The number of carbonyl (C=O) groups is 1. The number of hydrogen-bond acceptors (Lipinski definition) is 4. The summed E-state index contributed by atoms with van der Waals surface area (Å²) in [5.41, 5.74) is 7.01. The molecule has 1 rings (SSSR count). The molecule has 0 aliphatic rings.